The molecule has 1 unspecified atom stereocenters. The van der Waals surface area contributed by atoms with E-state index in [0.717, 1.165) is 70.6 Å². The van der Waals surface area contributed by atoms with Gasteiger partial charge in [0.25, 0.3) is 0 Å². The Morgan fingerprint density at radius 2 is 0.593 bits per heavy atom. The molecule has 6 heteroatoms. The molecule has 346 valence electrons. The normalized spacial score (nSPS) is 12.1. The van der Waals surface area contributed by atoms with Crippen LogP contribution < -0.4 is 0 Å². The van der Waals surface area contributed by atoms with Crippen LogP contribution >= 0.6 is 0 Å². The lowest BCUT2D eigenvalue weighted by atomic mass is 10.0. The molecule has 0 bridgehead atoms. The first-order valence-electron chi connectivity index (χ1n) is 25.8. The Labute approximate surface area is 366 Å². The maximum absolute atomic E-state index is 12.7. The Hall–Kier alpha value is -2.11. The summed E-state index contributed by atoms with van der Waals surface area (Å²) >= 11 is 0. The maximum atomic E-state index is 12.7. The Bertz CT molecular complexity index is 958. The highest BCUT2D eigenvalue weighted by molar-refractivity contribution is 5.71. The van der Waals surface area contributed by atoms with Gasteiger partial charge in [-0.05, 0) is 64.2 Å². The zero-order valence-corrected chi connectivity index (χ0v) is 39.5. The highest BCUT2D eigenvalue weighted by Crippen LogP contribution is 2.16. The largest absolute Gasteiger partial charge is 0.462 e. The van der Waals surface area contributed by atoms with E-state index in [9.17, 15) is 14.4 Å². The molecule has 0 saturated carbocycles. The van der Waals surface area contributed by atoms with E-state index in [-0.39, 0.29) is 31.1 Å². The van der Waals surface area contributed by atoms with Crippen molar-refractivity contribution >= 4 is 17.9 Å². The molecule has 0 aliphatic heterocycles. The summed E-state index contributed by atoms with van der Waals surface area (Å²) in [6.45, 7) is 6.58. The first-order valence-corrected chi connectivity index (χ1v) is 25.8. The fourth-order valence-electron chi connectivity index (χ4n) is 7.50. The van der Waals surface area contributed by atoms with Crippen molar-refractivity contribution in [2.24, 2.45) is 0 Å². The van der Waals surface area contributed by atoms with Crippen LogP contribution in [0.4, 0.5) is 0 Å². The summed E-state index contributed by atoms with van der Waals surface area (Å²) in [4.78, 5) is 37.9. The van der Waals surface area contributed by atoms with E-state index in [1.54, 1.807) is 0 Å². The third-order valence-corrected chi connectivity index (χ3v) is 11.4. The highest BCUT2D eigenvalue weighted by atomic mass is 16.6. The number of carbonyl (C=O) groups excluding carboxylic acids is 3. The average Bonchev–Trinajstić information content (AvgIpc) is 3.23. The standard InChI is InChI=1S/C53H98O6/c1-4-7-10-13-16-19-22-24-25-26-27-28-29-30-32-34-37-40-43-46-52(55)58-49-50(48-57-51(54)45-42-39-36-33-21-18-15-12-9-6-3)59-53(56)47-44-41-38-35-31-23-20-17-14-11-8-5-2/h12,15,24-25,50H,4-11,13-14,16-23,26-49H2,1-3H3/b15-12-,25-24-. The molecule has 0 fully saturated rings. The number of allylic oxidation sites excluding steroid dienone is 4. The van der Waals surface area contributed by atoms with Crippen molar-refractivity contribution < 1.29 is 28.6 Å². The molecule has 6 nitrogen and oxygen atoms in total. The van der Waals surface area contributed by atoms with Crippen molar-refractivity contribution in [3.05, 3.63) is 24.3 Å². The zero-order valence-electron chi connectivity index (χ0n) is 39.5. The summed E-state index contributed by atoms with van der Waals surface area (Å²) in [5.41, 5.74) is 0. The van der Waals surface area contributed by atoms with Gasteiger partial charge in [0.15, 0.2) is 6.10 Å². The Morgan fingerprint density at radius 3 is 0.915 bits per heavy atom. The van der Waals surface area contributed by atoms with Crippen LogP contribution in [0, 0.1) is 0 Å². The van der Waals surface area contributed by atoms with E-state index in [0.29, 0.717) is 19.3 Å². The molecular weight excluding hydrogens is 733 g/mol. The minimum absolute atomic E-state index is 0.0715. The molecule has 0 amide bonds. The molecular formula is C53H98O6. The summed E-state index contributed by atoms with van der Waals surface area (Å²) in [7, 11) is 0. The van der Waals surface area contributed by atoms with Gasteiger partial charge in [-0.1, -0.05) is 218 Å². The van der Waals surface area contributed by atoms with Gasteiger partial charge in [-0.2, -0.15) is 0 Å². The smallest absolute Gasteiger partial charge is 0.306 e. The van der Waals surface area contributed by atoms with Gasteiger partial charge in [-0.15, -0.1) is 0 Å². The van der Waals surface area contributed by atoms with E-state index < -0.39 is 6.10 Å². The van der Waals surface area contributed by atoms with Crippen LogP contribution in [0.15, 0.2) is 24.3 Å². The molecule has 0 spiro atoms. The molecule has 0 aliphatic rings. The van der Waals surface area contributed by atoms with Gasteiger partial charge in [-0.25, -0.2) is 0 Å². The third-order valence-electron chi connectivity index (χ3n) is 11.4. The SMILES string of the molecule is CCC/C=C\CCCCCCCC(=O)OCC(COC(=O)CCCCCCCCCCC/C=C\CCCCCCCC)OC(=O)CCCCCCCCCCCCCC. The van der Waals surface area contributed by atoms with Crippen LogP contribution in [0.2, 0.25) is 0 Å². The van der Waals surface area contributed by atoms with Gasteiger partial charge in [-0.3, -0.25) is 14.4 Å². The Balaban J connectivity index is 4.26. The topological polar surface area (TPSA) is 78.9 Å². The minimum atomic E-state index is -0.769. The number of hydrogen-bond acceptors (Lipinski definition) is 6. The van der Waals surface area contributed by atoms with E-state index >= 15 is 0 Å². The van der Waals surface area contributed by atoms with E-state index in [4.69, 9.17) is 14.2 Å². The van der Waals surface area contributed by atoms with Crippen molar-refractivity contribution in [3.8, 4) is 0 Å². The predicted octanol–water partition coefficient (Wildman–Crippen LogP) is 16.8. The summed E-state index contributed by atoms with van der Waals surface area (Å²) in [5, 5.41) is 0. The number of rotatable bonds is 47. The summed E-state index contributed by atoms with van der Waals surface area (Å²) in [5.74, 6) is -0.873. The number of carbonyl (C=O) groups is 3. The first kappa shape index (κ1) is 56.9. The molecule has 1 atom stereocenters. The second-order valence-corrected chi connectivity index (χ2v) is 17.4. The van der Waals surface area contributed by atoms with Crippen LogP contribution in [-0.2, 0) is 28.6 Å². The van der Waals surface area contributed by atoms with Crippen molar-refractivity contribution in [2.45, 2.75) is 284 Å². The molecule has 0 aromatic rings. The van der Waals surface area contributed by atoms with Crippen molar-refractivity contribution in [2.75, 3.05) is 13.2 Å². The van der Waals surface area contributed by atoms with Crippen LogP contribution in [0.5, 0.6) is 0 Å². The molecule has 0 aliphatic carbocycles. The number of hydrogen-bond donors (Lipinski definition) is 0. The van der Waals surface area contributed by atoms with Crippen molar-refractivity contribution in [1.29, 1.82) is 0 Å². The van der Waals surface area contributed by atoms with Crippen LogP contribution in [-0.4, -0.2) is 37.2 Å². The van der Waals surface area contributed by atoms with Gasteiger partial charge < -0.3 is 14.2 Å². The van der Waals surface area contributed by atoms with Crippen LogP contribution in [0.25, 0.3) is 0 Å². The molecule has 59 heavy (non-hydrogen) atoms. The van der Waals surface area contributed by atoms with E-state index in [1.807, 2.05) is 0 Å². The van der Waals surface area contributed by atoms with Gasteiger partial charge >= 0.3 is 17.9 Å². The lowest BCUT2D eigenvalue weighted by molar-refractivity contribution is -0.167. The zero-order chi connectivity index (χ0) is 43.0. The van der Waals surface area contributed by atoms with Gasteiger partial charge in [0, 0.05) is 19.3 Å². The van der Waals surface area contributed by atoms with Crippen LogP contribution in [0.1, 0.15) is 278 Å². The van der Waals surface area contributed by atoms with Crippen molar-refractivity contribution in [1.82, 2.24) is 0 Å². The fourth-order valence-corrected chi connectivity index (χ4v) is 7.50. The monoisotopic (exact) mass is 831 g/mol. The molecule has 0 radical (unpaired) electrons. The van der Waals surface area contributed by atoms with Gasteiger partial charge in [0.05, 0.1) is 0 Å². The number of ether oxygens (including phenoxy) is 3. The minimum Gasteiger partial charge on any atom is -0.462 e. The number of unbranched alkanes of at least 4 members (excludes halogenated alkanes) is 32. The Kier molecular flexibility index (Phi) is 46.8. The molecule has 0 N–H and O–H groups in total. The van der Waals surface area contributed by atoms with E-state index in [2.05, 4.69) is 45.1 Å². The molecule has 0 aromatic carbocycles. The average molecular weight is 831 g/mol. The summed E-state index contributed by atoms with van der Waals surface area (Å²) in [6.07, 6.45) is 54.5. The molecule has 0 rings (SSSR count). The Morgan fingerprint density at radius 1 is 0.322 bits per heavy atom. The maximum Gasteiger partial charge on any atom is 0.306 e. The van der Waals surface area contributed by atoms with Crippen LogP contribution in [0.3, 0.4) is 0 Å². The lowest BCUT2D eigenvalue weighted by Crippen LogP contribution is -2.30. The van der Waals surface area contributed by atoms with Gasteiger partial charge in [0.2, 0.25) is 0 Å². The lowest BCUT2D eigenvalue weighted by Gasteiger charge is -2.18. The summed E-state index contributed by atoms with van der Waals surface area (Å²) < 4.78 is 16.8. The quantitative estimate of drug-likeness (QED) is 0.0263. The first-order chi connectivity index (χ1) is 29.0. The van der Waals surface area contributed by atoms with Gasteiger partial charge in [0.1, 0.15) is 13.2 Å². The van der Waals surface area contributed by atoms with Crippen molar-refractivity contribution in [3.63, 3.8) is 0 Å². The molecule has 0 saturated heterocycles. The van der Waals surface area contributed by atoms with E-state index in [1.165, 1.54) is 167 Å². The predicted molar refractivity (Wildman–Crippen MR) is 252 cm³/mol. The second kappa shape index (κ2) is 48.6. The molecule has 0 aromatic heterocycles. The fraction of sp³-hybridized carbons (Fsp3) is 0.868. The molecule has 0 heterocycles. The third kappa shape index (κ3) is 46.8. The number of esters is 3. The second-order valence-electron chi connectivity index (χ2n) is 17.4. The summed E-state index contributed by atoms with van der Waals surface area (Å²) in [6, 6.07) is 0. The highest BCUT2D eigenvalue weighted by Gasteiger charge is 2.19.